The van der Waals surface area contributed by atoms with Crippen LogP contribution in [0.1, 0.15) is 25.3 Å². The zero-order valence-corrected chi connectivity index (χ0v) is 14.3. The van der Waals surface area contributed by atoms with Crippen LogP contribution in [0.15, 0.2) is 30.5 Å². The number of para-hydroxylation sites is 1. The molecule has 4 nitrogen and oxygen atoms in total. The molecule has 1 saturated heterocycles. The maximum absolute atomic E-state index is 5.39. The maximum atomic E-state index is 5.39. The van der Waals surface area contributed by atoms with Crippen LogP contribution in [-0.2, 0) is 17.8 Å². The van der Waals surface area contributed by atoms with Crippen LogP contribution in [0.4, 0.5) is 0 Å². The Morgan fingerprint density at radius 3 is 2.78 bits per heavy atom. The monoisotopic (exact) mass is 315 g/mol. The molecule has 0 saturated carbocycles. The fourth-order valence-electron chi connectivity index (χ4n) is 3.37. The quantitative estimate of drug-likeness (QED) is 0.760. The molecule has 0 spiro atoms. The third kappa shape index (κ3) is 4.34. The van der Waals surface area contributed by atoms with Crippen molar-refractivity contribution >= 4 is 10.9 Å². The second-order valence-electron chi connectivity index (χ2n) is 6.35. The van der Waals surface area contributed by atoms with Crippen LogP contribution < -0.4 is 5.32 Å². The summed E-state index contributed by atoms with van der Waals surface area (Å²) >= 11 is 0. The molecule has 1 fully saturated rings. The van der Waals surface area contributed by atoms with Gasteiger partial charge >= 0.3 is 0 Å². The minimum absolute atomic E-state index is 0.893. The number of fused-ring (bicyclic) bond motifs is 1. The van der Waals surface area contributed by atoms with Crippen molar-refractivity contribution in [1.29, 1.82) is 0 Å². The fourth-order valence-corrected chi connectivity index (χ4v) is 3.37. The van der Waals surface area contributed by atoms with E-state index in [0.29, 0.717) is 0 Å². The summed E-state index contributed by atoms with van der Waals surface area (Å²) in [7, 11) is 0. The van der Waals surface area contributed by atoms with Gasteiger partial charge in [-0.25, -0.2) is 0 Å². The average Bonchev–Trinajstić information content (AvgIpc) is 2.94. The van der Waals surface area contributed by atoms with Crippen molar-refractivity contribution in [2.45, 2.75) is 32.9 Å². The first-order valence-electron chi connectivity index (χ1n) is 8.96. The summed E-state index contributed by atoms with van der Waals surface area (Å²) in [6.45, 7) is 10.5. The van der Waals surface area contributed by atoms with E-state index in [1.165, 1.54) is 35.9 Å². The number of nitrogens with one attached hydrogen (secondary N) is 1. The highest BCUT2D eigenvalue weighted by molar-refractivity contribution is 5.83. The molecule has 0 bridgehead atoms. The van der Waals surface area contributed by atoms with Gasteiger partial charge in [0.1, 0.15) is 0 Å². The fraction of sp³-hybridized carbons (Fsp3) is 0.579. The van der Waals surface area contributed by atoms with E-state index in [1.807, 2.05) is 0 Å². The van der Waals surface area contributed by atoms with Gasteiger partial charge in [-0.3, -0.25) is 4.90 Å². The van der Waals surface area contributed by atoms with Gasteiger partial charge in [0.25, 0.3) is 0 Å². The average molecular weight is 315 g/mol. The van der Waals surface area contributed by atoms with Gasteiger partial charge in [0, 0.05) is 43.3 Å². The minimum Gasteiger partial charge on any atom is -0.379 e. The van der Waals surface area contributed by atoms with E-state index in [1.54, 1.807) is 0 Å². The normalized spacial score (nSPS) is 16.2. The second-order valence-corrected chi connectivity index (χ2v) is 6.35. The molecule has 0 atom stereocenters. The molecule has 1 N–H and O–H groups in total. The van der Waals surface area contributed by atoms with Gasteiger partial charge in [0.2, 0.25) is 0 Å². The van der Waals surface area contributed by atoms with Gasteiger partial charge in [-0.05, 0) is 37.6 Å². The molecule has 0 radical (unpaired) electrons. The van der Waals surface area contributed by atoms with Crippen LogP contribution in [0.2, 0.25) is 0 Å². The van der Waals surface area contributed by atoms with Crippen LogP contribution >= 0.6 is 0 Å². The van der Waals surface area contributed by atoms with E-state index in [4.69, 9.17) is 4.74 Å². The van der Waals surface area contributed by atoms with Crippen molar-refractivity contribution < 1.29 is 4.74 Å². The van der Waals surface area contributed by atoms with Crippen LogP contribution in [0, 0.1) is 0 Å². The van der Waals surface area contributed by atoms with Crippen molar-refractivity contribution in [3.63, 3.8) is 0 Å². The summed E-state index contributed by atoms with van der Waals surface area (Å²) < 4.78 is 7.78. The largest absolute Gasteiger partial charge is 0.379 e. The molecular weight excluding hydrogens is 286 g/mol. The third-order valence-corrected chi connectivity index (χ3v) is 4.58. The molecule has 0 aliphatic carbocycles. The Hall–Kier alpha value is -1.36. The minimum atomic E-state index is 0.893. The lowest BCUT2D eigenvalue weighted by Gasteiger charge is -2.26. The number of ether oxygens (including phenoxy) is 1. The van der Waals surface area contributed by atoms with Crippen molar-refractivity contribution in [1.82, 2.24) is 14.8 Å². The topological polar surface area (TPSA) is 29.4 Å². The number of morpholine rings is 1. The lowest BCUT2D eigenvalue weighted by Crippen LogP contribution is -2.37. The summed E-state index contributed by atoms with van der Waals surface area (Å²) in [5, 5.41) is 5.01. The molecule has 0 amide bonds. The SMILES string of the molecule is CCCn1cc(CNCCCN2CCOCC2)c2ccccc21. The molecule has 2 heterocycles. The number of aromatic nitrogens is 1. The summed E-state index contributed by atoms with van der Waals surface area (Å²) in [5.41, 5.74) is 2.78. The Balaban J connectivity index is 1.49. The second kappa shape index (κ2) is 8.48. The molecule has 0 unspecified atom stereocenters. The smallest absolute Gasteiger partial charge is 0.0594 e. The van der Waals surface area contributed by atoms with Crippen LogP contribution in [0.25, 0.3) is 10.9 Å². The molecular formula is C19H29N3O. The predicted octanol–water partition coefficient (Wildman–Crippen LogP) is 2.86. The van der Waals surface area contributed by atoms with Gasteiger partial charge < -0.3 is 14.6 Å². The first-order valence-corrected chi connectivity index (χ1v) is 8.96. The zero-order valence-electron chi connectivity index (χ0n) is 14.3. The summed E-state index contributed by atoms with van der Waals surface area (Å²) in [4.78, 5) is 2.50. The van der Waals surface area contributed by atoms with Gasteiger partial charge in [0.05, 0.1) is 13.2 Å². The van der Waals surface area contributed by atoms with Crippen molar-refractivity contribution in [3.05, 3.63) is 36.0 Å². The van der Waals surface area contributed by atoms with Gasteiger partial charge in [-0.2, -0.15) is 0 Å². The first kappa shape index (κ1) is 16.5. The van der Waals surface area contributed by atoms with E-state index in [-0.39, 0.29) is 0 Å². The van der Waals surface area contributed by atoms with E-state index in [2.05, 4.69) is 52.2 Å². The highest BCUT2D eigenvalue weighted by atomic mass is 16.5. The van der Waals surface area contributed by atoms with E-state index in [0.717, 1.165) is 45.9 Å². The number of rotatable bonds is 8. The highest BCUT2D eigenvalue weighted by Crippen LogP contribution is 2.21. The molecule has 1 aromatic heterocycles. The van der Waals surface area contributed by atoms with E-state index in [9.17, 15) is 0 Å². The predicted molar refractivity (Wildman–Crippen MR) is 95.8 cm³/mol. The first-order chi connectivity index (χ1) is 11.4. The summed E-state index contributed by atoms with van der Waals surface area (Å²) in [6, 6.07) is 8.74. The number of aryl methyl sites for hydroxylation is 1. The Kier molecular flexibility index (Phi) is 6.08. The highest BCUT2D eigenvalue weighted by Gasteiger charge is 2.10. The number of benzene rings is 1. The van der Waals surface area contributed by atoms with Gasteiger partial charge in [0.15, 0.2) is 0 Å². The molecule has 3 rings (SSSR count). The van der Waals surface area contributed by atoms with E-state index < -0.39 is 0 Å². The Morgan fingerprint density at radius 1 is 1.13 bits per heavy atom. The van der Waals surface area contributed by atoms with Crippen molar-refractivity contribution in [3.8, 4) is 0 Å². The number of hydrogen-bond donors (Lipinski definition) is 1. The summed E-state index contributed by atoms with van der Waals surface area (Å²) in [5.74, 6) is 0. The lowest BCUT2D eigenvalue weighted by molar-refractivity contribution is 0.0374. The van der Waals surface area contributed by atoms with Crippen LogP contribution in [0.5, 0.6) is 0 Å². The maximum Gasteiger partial charge on any atom is 0.0594 e. The molecule has 23 heavy (non-hydrogen) atoms. The number of hydrogen-bond acceptors (Lipinski definition) is 3. The molecule has 2 aromatic rings. The zero-order chi connectivity index (χ0) is 15.9. The Bertz CT molecular complexity index is 602. The lowest BCUT2D eigenvalue weighted by atomic mass is 10.2. The molecule has 1 aliphatic heterocycles. The van der Waals surface area contributed by atoms with Crippen LogP contribution in [-0.4, -0.2) is 48.9 Å². The third-order valence-electron chi connectivity index (χ3n) is 4.58. The Labute approximate surface area is 139 Å². The molecule has 1 aromatic carbocycles. The standard InChI is InChI=1S/C19H29N3O/c1-2-9-22-16-17(18-6-3-4-7-19(18)22)15-20-8-5-10-21-11-13-23-14-12-21/h3-4,6-7,16,20H,2,5,8-15H2,1H3. The Morgan fingerprint density at radius 2 is 1.96 bits per heavy atom. The molecule has 4 heteroatoms. The van der Waals surface area contributed by atoms with Gasteiger partial charge in [-0.15, -0.1) is 0 Å². The van der Waals surface area contributed by atoms with Crippen molar-refractivity contribution in [2.75, 3.05) is 39.4 Å². The van der Waals surface area contributed by atoms with Crippen LogP contribution in [0.3, 0.4) is 0 Å². The molecule has 126 valence electrons. The van der Waals surface area contributed by atoms with Crippen molar-refractivity contribution in [2.24, 2.45) is 0 Å². The number of nitrogens with zero attached hydrogens (tertiary/aromatic N) is 2. The van der Waals surface area contributed by atoms with E-state index >= 15 is 0 Å². The van der Waals surface area contributed by atoms with Gasteiger partial charge in [-0.1, -0.05) is 25.1 Å². The summed E-state index contributed by atoms with van der Waals surface area (Å²) in [6.07, 6.45) is 4.70. The molecule has 1 aliphatic rings.